The van der Waals surface area contributed by atoms with E-state index in [9.17, 15) is 18.0 Å². The van der Waals surface area contributed by atoms with Crippen LogP contribution in [0.5, 0.6) is 0 Å². The molecule has 0 aliphatic carbocycles. The Kier molecular flexibility index (Phi) is 7.47. The summed E-state index contributed by atoms with van der Waals surface area (Å²) in [5.41, 5.74) is 0.465. The second-order valence-electron chi connectivity index (χ2n) is 7.08. The molecule has 160 valence electrons. The number of hydrogen-bond acceptors (Lipinski definition) is 4. The third kappa shape index (κ3) is 5.59. The normalized spacial score (nSPS) is 17.3. The van der Waals surface area contributed by atoms with Crippen LogP contribution in [0.4, 0.5) is 5.69 Å². The number of hydrogen-bond donors (Lipinski definition) is 2. The van der Waals surface area contributed by atoms with E-state index in [2.05, 4.69) is 10.6 Å². The van der Waals surface area contributed by atoms with Crippen molar-refractivity contribution in [2.24, 2.45) is 0 Å². The summed E-state index contributed by atoms with van der Waals surface area (Å²) >= 11 is 5.80. The Morgan fingerprint density at radius 3 is 2.40 bits per heavy atom. The average Bonchev–Trinajstić information content (AvgIpc) is 2.76. The predicted octanol–water partition coefficient (Wildman–Crippen LogP) is 3.03. The van der Waals surface area contributed by atoms with E-state index >= 15 is 0 Å². The second kappa shape index (κ2) is 10.1. The molecular weight excluding hydrogens is 426 g/mol. The van der Waals surface area contributed by atoms with Crippen LogP contribution in [0.2, 0.25) is 5.02 Å². The summed E-state index contributed by atoms with van der Waals surface area (Å²) < 4.78 is 27.5. The number of amides is 2. The minimum Gasteiger partial charge on any atom is -0.348 e. The van der Waals surface area contributed by atoms with Gasteiger partial charge in [0.2, 0.25) is 10.0 Å². The molecule has 1 atom stereocenters. The van der Waals surface area contributed by atoms with E-state index in [0.29, 0.717) is 23.7 Å². The number of nitrogens with one attached hydrogen (secondary N) is 2. The summed E-state index contributed by atoms with van der Waals surface area (Å²) in [5.74, 6) is -1.55. The summed E-state index contributed by atoms with van der Waals surface area (Å²) in [6.45, 7) is 0.658. The Hall–Kier alpha value is -2.42. The molecule has 2 aromatic carbocycles. The van der Waals surface area contributed by atoms with Gasteiger partial charge in [-0.15, -0.1) is 0 Å². The molecule has 1 heterocycles. The number of nitrogens with zero attached hydrogens (tertiary/aromatic N) is 1. The van der Waals surface area contributed by atoms with Gasteiger partial charge in [0.25, 0.3) is 0 Å². The first-order chi connectivity index (χ1) is 14.4. The molecule has 7 nitrogen and oxygen atoms in total. The average molecular weight is 450 g/mol. The van der Waals surface area contributed by atoms with Crippen molar-refractivity contribution >= 4 is 39.1 Å². The monoisotopic (exact) mass is 449 g/mol. The third-order valence-corrected chi connectivity index (χ3v) is 7.21. The van der Waals surface area contributed by atoms with Gasteiger partial charge in [0, 0.05) is 29.8 Å². The summed E-state index contributed by atoms with van der Waals surface area (Å²) in [7, 11) is -3.59. The molecular formula is C21H24ClN3O4S. The highest BCUT2D eigenvalue weighted by Crippen LogP contribution is 2.26. The number of sulfonamides is 1. The minimum atomic E-state index is -3.59. The van der Waals surface area contributed by atoms with Crippen LogP contribution in [-0.2, 0) is 19.6 Å². The molecule has 0 bridgehead atoms. The van der Waals surface area contributed by atoms with E-state index in [4.69, 9.17) is 11.6 Å². The highest BCUT2D eigenvalue weighted by Gasteiger charge is 2.33. The maximum Gasteiger partial charge on any atom is 0.313 e. The molecule has 2 N–H and O–H groups in total. The van der Waals surface area contributed by atoms with Crippen molar-refractivity contribution < 1.29 is 18.0 Å². The van der Waals surface area contributed by atoms with Crippen molar-refractivity contribution in [3.8, 4) is 0 Å². The fourth-order valence-corrected chi connectivity index (χ4v) is 5.33. The number of rotatable bonds is 6. The van der Waals surface area contributed by atoms with Crippen molar-refractivity contribution in [3.05, 3.63) is 59.6 Å². The zero-order valence-corrected chi connectivity index (χ0v) is 18.0. The lowest BCUT2D eigenvalue weighted by Gasteiger charge is -2.34. The largest absolute Gasteiger partial charge is 0.348 e. The molecule has 0 spiro atoms. The van der Waals surface area contributed by atoms with Crippen LogP contribution < -0.4 is 10.6 Å². The van der Waals surface area contributed by atoms with E-state index in [-0.39, 0.29) is 17.5 Å². The SMILES string of the molecule is O=C(NCC[C@H]1CCCCN1S(=O)(=O)c1ccccc1)C(=O)Nc1ccc(Cl)cc1. The number of benzene rings is 2. The lowest BCUT2D eigenvalue weighted by atomic mass is 10.0. The Balaban J connectivity index is 1.55. The van der Waals surface area contributed by atoms with Crippen molar-refractivity contribution in [2.75, 3.05) is 18.4 Å². The zero-order valence-electron chi connectivity index (χ0n) is 16.4. The van der Waals surface area contributed by atoms with Gasteiger partial charge in [0.15, 0.2) is 0 Å². The maximum absolute atomic E-state index is 13.0. The van der Waals surface area contributed by atoms with Gasteiger partial charge in [-0.1, -0.05) is 36.2 Å². The molecule has 0 aromatic heterocycles. The number of carbonyl (C=O) groups excluding carboxylic acids is 2. The Labute approximate surface area is 181 Å². The smallest absolute Gasteiger partial charge is 0.313 e. The van der Waals surface area contributed by atoms with Crippen molar-refractivity contribution in [3.63, 3.8) is 0 Å². The van der Waals surface area contributed by atoms with Crippen molar-refractivity contribution in [1.29, 1.82) is 0 Å². The number of piperidine rings is 1. The van der Waals surface area contributed by atoms with Gasteiger partial charge in [0.05, 0.1) is 4.90 Å². The van der Waals surface area contributed by atoms with E-state index in [1.165, 1.54) is 4.31 Å². The minimum absolute atomic E-state index is 0.207. The molecule has 3 rings (SSSR count). The molecule has 1 saturated heterocycles. The van der Waals surface area contributed by atoms with Crippen LogP contribution in [-0.4, -0.2) is 43.7 Å². The standard InChI is InChI=1S/C21H24ClN3O4S/c22-16-9-11-17(12-10-16)24-21(27)20(26)23-14-13-18-6-4-5-15-25(18)30(28,29)19-7-2-1-3-8-19/h1-3,7-12,18H,4-6,13-15H2,(H,23,26)(H,24,27)/t18-/m1/s1. The van der Waals surface area contributed by atoms with Crippen LogP contribution in [0.1, 0.15) is 25.7 Å². The van der Waals surface area contributed by atoms with Gasteiger partial charge < -0.3 is 10.6 Å². The van der Waals surface area contributed by atoms with Crippen molar-refractivity contribution in [2.45, 2.75) is 36.6 Å². The molecule has 30 heavy (non-hydrogen) atoms. The van der Waals surface area contributed by atoms with Gasteiger partial charge in [-0.25, -0.2) is 8.42 Å². The molecule has 1 aliphatic rings. The predicted molar refractivity (Wildman–Crippen MR) is 116 cm³/mol. The topological polar surface area (TPSA) is 95.6 Å². The van der Waals surface area contributed by atoms with E-state index in [1.807, 2.05) is 0 Å². The molecule has 2 aromatic rings. The first-order valence-electron chi connectivity index (χ1n) is 9.79. The molecule has 0 saturated carbocycles. The number of carbonyl (C=O) groups is 2. The molecule has 2 amide bonds. The molecule has 1 fully saturated rings. The van der Waals surface area contributed by atoms with Gasteiger partial charge in [-0.05, 0) is 55.7 Å². The highest BCUT2D eigenvalue weighted by molar-refractivity contribution is 7.89. The molecule has 1 aliphatic heterocycles. The number of anilines is 1. The maximum atomic E-state index is 13.0. The van der Waals surface area contributed by atoms with Gasteiger partial charge in [0.1, 0.15) is 0 Å². The van der Waals surface area contributed by atoms with Crippen LogP contribution in [0, 0.1) is 0 Å². The van der Waals surface area contributed by atoms with Crippen LogP contribution >= 0.6 is 11.6 Å². The fraction of sp³-hybridized carbons (Fsp3) is 0.333. The summed E-state index contributed by atoms with van der Waals surface area (Å²) in [4.78, 5) is 24.4. The van der Waals surface area contributed by atoms with E-state index in [1.54, 1.807) is 54.6 Å². The molecule has 0 unspecified atom stereocenters. The lowest BCUT2D eigenvalue weighted by Crippen LogP contribution is -2.45. The summed E-state index contributed by atoms with van der Waals surface area (Å²) in [6.07, 6.45) is 2.89. The number of halogens is 1. The molecule has 0 radical (unpaired) electrons. The van der Waals surface area contributed by atoms with Crippen LogP contribution in [0.25, 0.3) is 0 Å². The second-order valence-corrected chi connectivity index (χ2v) is 9.41. The van der Waals surface area contributed by atoms with E-state index < -0.39 is 21.8 Å². The van der Waals surface area contributed by atoms with Gasteiger partial charge in [-0.3, -0.25) is 9.59 Å². The van der Waals surface area contributed by atoms with Gasteiger partial charge >= 0.3 is 11.8 Å². The zero-order chi connectivity index (χ0) is 21.6. The van der Waals surface area contributed by atoms with Crippen LogP contribution in [0.3, 0.4) is 0 Å². The Morgan fingerprint density at radius 2 is 1.70 bits per heavy atom. The van der Waals surface area contributed by atoms with E-state index in [0.717, 1.165) is 19.3 Å². The summed E-state index contributed by atoms with van der Waals surface area (Å²) in [5, 5.41) is 5.60. The van der Waals surface area contributed by atoms with Gasteiger partial charge in [-0.2, -0.15) is 4.31 Å². The lowest BCUT2D eigenvalue weighted by molar-refractivity contribution is -0.136. The Morgan fingerprint density at radius 1 is 1.00 bits per heavy atom. The first-order valence-corrected chi connectivity index (χ1v) is 11.6. The third-order valence-electron chi connectivity index (χ3n) is 4.99. The van der Waals surface area contributed by atoms with Crippen LogP contribution in [0.15, 0.2) is 59.5 Å². The Bertz CT molecular complexity index is 981. The summed E-state index contributed by atoms with van der Waals surface area (Å²) in [6, 6.07) is 14.6. The fourth-order valence-electron chi connectivity index (χ4n) is 3.46. The highest BCUT2D eigenvalue weighted by atomic mass is 35.5. The molecule has 9 heteroatoms. The quantitative estimate of drug-likeness (QED) is 0.662. The first kappa shape index (κ1) is 22.3. The van der Waals surface area contributed by atoms with Crippen molar-refractivity contribution in [1.82, 2.24) is 9.62 Å².